The van der Waals surface area contributed by atoms with Crippen LogP contribution in [0.25, 0.3) is 0 Å². The van der Waals surface area contributed by atoms with Crippen molar-refractivity contribution in [3.63, 3.8) is 0 Å². The van der Waals surface area contributed by atoms with Gasteiger partial charge < -0.3 is 14.2 Å². The van der Waals surface area contributed by atoms with Gasteiger partial charge in [0.1, 0.15) is 13.2 Å². The molecule has 0 aromatic carbocycles. The van der Waals surface area contributed by atoms with Crippen LogP contribution in [0.1, 0.15) is 355 Å². The van der Waals surface area contributed by atoms with E-state index in [1.165, 1.54) is 205 Å². The van der Waals surface area contributed by atoms with Crippen LogP contribution in [0.5, 0.6) is 0 Å². The van der Waals surface area contributed by atoms with Crippen molar-refractivity contribution in [1.29, 1.82) is 0 Å². The lowest BCUT2D eigenvalue weighted by Gasteiger charge is -2.18. The van der Waals surface area contributed by atoms with Crippen LogP contribution >= 0.6 is 0 Å². The summed E-state index contributed by atoms with van der Waals surface area (Å²) >= 11 is 0. The Kier molecular flexibility index (Phi) is 66.2. The van der Waals surface area contributed by atoms with Crippen LogP contribution in [0.15, 0.2) is 85.1 Å². The van der Waals surface area contributed by atoms with Crippen molar-refractivity contribution in [2.45, 2.75) is 361 Å². The molecule has 0 spiro atoms. The summed E-state index contributed by atoms with van der Waals surface area (Å²) in [5, 5.41) is 0. The Morgan fingerprint density at radius 3 is 0.765 bits per heavy atom. The van der Waals surface area contributed by atoms with Crippen LogP contribution in [-0.2, 0) is 28.6 Å². The number of ether oxygens (including phenoxy) is 3. The minimum atomic E-state index is -0.784. The van der Waals surface area contributed by atoms with Crippen LogP contribution in [0.2, 0.25) is 0 Å². The second kappa shape index (κ2) is 69.1. The van der Waals surface area contributed by atoms with Gasteiger partial charge in [-0.25, -0.2) is 0 Å². The van der Waals surface area contributed by atoms with Gasteiger partial charge in [-0.05, 0) is 96.3 Å². The molecule has 0 fully saturated rings. The Balaban J connectivity index is 4.33. The monoisotopic (exact) mass is 1130 g/mol. The number of esters is 3. The zero-order chi connectivity index (χ0) is 58.5. The van der Waals surface area contributed by atoms with Crippen molar-refractivity contribution < 1.29 is 28.6 Å². The highest BCUT2D eigenvalue weighted by Crippen LogP contribution is 2.18. The van der Waals surface area contributed by atoms with E-state index in [0.29, 0.717) is 19.3 Å². The molecule has 0 radical (unpaired) electrons. The minimum absolute atomic E-state index is 0.0797. The third-order valence-electron chi connectivity index (χ3n) is 15.4. The van der Waals surface area contributed by atoms with Gasteiger partial charge in [0.2, 0.25) is 0 Å². The molecule has 1 atom stereocenters. The number of carbonyl (C=O) groups is 3. The molecule has 0 saturated carbocycles. The standard InChI is InChI=1S/C75H132O6/c1-4-7-10-13-16-19-22-25-28-30-32-34-35-36-37-38-39-41-42-44-47-50-53-56-59-62-65-68-74(77)80-71-72(70-79-73(76)67-64-61-58-55-52-49-46-27-24-21-18-15-12-9-6-3)81-75(78)69-66-63-60-57-54-51-48-45-43-40-33-31-29-26-23-20-17-14-11-8-5-2/h7,10,16,19,25,27-28,32,34,36-37,39,41,46,72H,4-6,8-9,11-15,17-18,20-24,26,29-31,33,35,38,40,42-45,47-71H2,1-3H3/b10-7-,19-16-,28-25-,34-32-,37-36-,41-39-,46-27-. The van der Waals surface area contributed by atoms with Crippen LogP contribution in [0, 0.1) is 0 Å². The van der Waals surface area contributed by atoms with E-state index in [-0.39, 0.29) is 31.1 Å². The number of rotatable bonds is 64. The second-order valence-electron chi connectivity index (χ2n) is 23.4. The quantitative estimate of drug-likeness (QED) is 0.0261. The molecule has 0 aromatic rings. The molecular formula is C75H132O6. The molecular weight excluding hydrogens is 997 g/mol. The van der Waals surface area contributed by atoms with Gasteiger partial charge in [-0.1, -0.05) is 324 Å². The zero-order valence-corrected chi connectivity index (χ0v) is 53.8. The molecule has 1 unspecified atom stereocenters. The fourth-order valence-corrected chi connectivity index (χ4v) is 10.2. The summed E-state index contributed by atoms with van der Waals surface area (Å²) in [5.41, 5.74) is 0. The number of hydrogen-bond acceptors (Lipinski definition) is 6. The molecule has 468 valence electrons. The molecule has 0 aliphatic carbocycles. The van der Waals surface area contributed by atoms with E-state index in [1.54, 1.807) is 0 Å². The van der Waals surface area contributed by atoms with Crippen LogP contribution in [0.4, 0.5) is 0 Å². The van der Waals surface area contributed by atoms with E-state index in [4.69, 9.17) is 14.2 Å². The van der Waals surface area contributed by atoms with Gasteiger partial charge in [-0.3, -0.25) is 14.4 Å². The first kappa shape index (κ1) is 77.6. The average molecular weight is 1130 g/mol. The van der Waals surface area contributed by atoms with Crippen molar-refractivity contribution in [3.8, 4) is 0 Å². The Labute approximate surface area is 503 Å². The molecule has 6 nitrogen and oxygen atoms in total. The first-order valence-corrected chi connectivity index (χ1v) is 35.1. The Bertz CT molecular complexity index is 1530. The van der Waals surface area contributed by atoms with E-state index in [1.807, 2.05) is 0 Å². The number of unbranched alkanes of at least 4 members (excludes halogenated alkanes) is 39. The minimum Gasteiger partial charge on any atom is -0.462 e. The first-order chi connectivity index (χ1) is 40.0. The van der Waals surface area contributed by atoms with Crippen molar-refractivity contribution >= 4 is 17.9 Å². The highest BCUT2D eigenvalue weighted by molar-refractivity contribution is 5.71. The maximum atomic E-state index is 13.0. The zero-order valence-electron chi connectivity index (χ0n) is 53.8. The van der Waals surface area contributed by atoms with Crippen molar-refractivity contribution in [1.82, 2.24) is 0 Å². The van der Waals surface area contributed by atoms with E-state index in [2.05, 4.69) is 106 Å². The molecule has 0 amide bonds. The lowest BCUT2D eigenvalue weighted by molar-refractivity contribution is -0.167. The SMILES string of the molecule is CC/C=C\C/C=C\C/C=C\C/C=C\C/C=C\C/C=C\CCCCCCCCCCC(=O)OCC(COC(=O)CCCCCCC/C=C\CCCCCCCC)OC(=O)CCCCCCCCCCCCCCCCCCCCCCC. The molecule has 0 aliphatic rings. The molecule has 0 N–H and O–H groups in total. The maximum absolute atomic E-state index is 13.0. The first-order valence-electron chi connectivity index (χ1n) is 35.1. The van der Waals surface area contributed by atoms with E-state index in [9.17, 15) is 14.4 Å². The summed E-state index contributed by atoms with van der Waals surface area (Å²) in [4.78, 5) is 38.4. The van der Waals surface area contributed by atoms with Crippen molar-refractivity contribution in [2.24, 2.45) is 0 Å². The molecule has 0 aliphatic heterocycles. The topological polar surface area (TPSA) is 78.9 Å². The van der Waals surface area contributed by atoms with Gasteiger partial charge in [0, 0.05) is 19.3 Å². The lowest BCUT2D eigenvalue weighted by Crippen LogP contribution is -2.30. The number of carbonyl (C=O) groups excluding carboxylic acids is 3. The predicted molar refractivity (Wildman–Crippen MR) is 353 cm³/mol. The molecule has 0 aromatic heterocycles. The molecule has 6 heteroatoms. The van der Waals surface area contributed by atoms with Gasteiger partial charge in [-0.15, -0.1) is 0 Å². The molecule has 0 heterocycles. The predicted octanol–water partition coefficient (Wildman–Crippen LogP) is 24.2. The Hall–Kier alpha value is -3.41. The summed E-state index contributed by atoms with van der Waals surface area (Å²) in [6, 6.07) is 0. The van der Waals surface area contributed by atoms with Crippen LogP contribution in [0.3, 0.4) is 0 Å². The fourth-order valence-electron chi connectivity index (χ4n) is 10.2. The largest absolute Gasteiger partial charge is 0.462 e. The third-order valence-corrected chi connectivity index (χ3v) is 15.4. The second-order valence-corrected chi connectivity index (χ2v) is 23.4. The highest BCUT2D eigenvalue weighted by Gasteiger charge is 2.19. The highest BCUT2D eigenvalue weighted by atomic mass is 16.6. The average Bonchev–Trinajstić information content (AvgIpc) is 3.47. The lowest BCUT2D eigenvalue weighted by atomic mass is 10.0. The smallest absolute Gasteiger partial charge is 0.306 e. The van der Waals surface area contributed by atoms with Crippen LogP contribution in [-0.4, -0.2) is 37.2 Å². The van der Waals surface area contributed by atoms with Gasteiger partial charge in [0.15, 0.2) is 6.10 Å². The Morgan fingerprint density at radius 2 is 0.481 bits per heavy atom. The Morgan fingerprint density at radius 1 is 0.259 bits per heavy atom. The van der Waals surface area contributed by atoms with E-state index >= 15 is 0 Å². The summed E-state index contributed by atoms with van der Waals surface area (Å²) in [6.45, 7) is 6.56. The van der Waals surface area contributed by atoms with Crippen LogP contribution < -0.4 is 0 Å². The van der Waals surface area contributed by atoms with Gasteiger partial charge in [-0.2, -0.15) is 0 Å². The molecule has 0 rings (SSSR count). The summed E-state index contributed by atoms with van der Waals surface area (Å²) in [6.07, 6.45) is 91.7. The van der Waals surface area contributed by atoms with E-state index in [0.717, 1.165) is 109 Å². The fraction of sp³-hybridized carbons (Fsp3) is 0.773. The molecule has 0 saturated heterocycles. The third kappa shape index (κ3) is 67.3. The maximum Gasteiger partial charge on any atom is 0.306 e. The van der Waals surface area contributed by atoms with Gasteiger partial charge >= 0.3 is 17.9 Å². The van der Waals surface area contributed by atoms with Crippen molar-refractivity contribution in [3.05, 3.63) is 85.1 Å². The summed E-state index contributed by atoms with van der Waals surface area (Å²) in [7, 11) is 0. The molecule has 0 bridgehead atoms. The molecule has 81 heavy (non-hydrogen) atoms. The van der Waals surface area contributed by atoms with Crippen molar-refractivity contribution in [2.75, 3.05) is 13.2 Å². The normalized spacial score (nSPS) is 12.6. The number of allylic oxidation sites excluding steroid dienone is 14. The summed E-state index contributed by atoms with van der Waals surface area (Å²) in [5.74, 6) is -0.875. The van der Waals surface area contributed by atoms with Gasteiger partial charge in [0.05, 0.1) is 0 Å². The van der Waals surface area contributed by atoms with Gasteiger partial charge in [0.25, 0.3) is 0 Å². The summed E-state index contributed by atoms with van der Waals surface area (Å²) < 4.78 is 17.0. The van der Waals surface area contributed by atoms with E-state index < -0.39 is 6.10 Å². The number of hydrogen-bond donors (Lipinski definition) is 0.